The summed E-state index contributed by atoms with van der Waals surface area (Å²) >= 11 is 0. The van der Waals surface area contributed by atoms with Crippen LogP contribution in [0.25, 0.3) is 0 Å². The Morgan fingerprint density at radius 1 is 0.767 bits per heavy atom. The molecule has 2 heterocycles. The van der Waals surface area contributed by atoms with Crippen LogP contribution in [0.3, 0.4) is 0 Å². The highest BCUT2D eigenvalue weighted by Crippen LogP contribution is 2.52. The van der Waals surface area contributed by atoms with Gasteiger partial charge in [-0.3, -0.25) is 0 Å². The first-order chi connectivity index (χ1) is 14.5. The maximum Gasteiger partial charge on any atom is 0.161 e. The molecule has 2 fully saturated rings. The molecular formula is C24H30O6. The third-order valence-electron chi connectivity index (χ3n) is 6.48. The van der Waals surface area contributed by atoms with Gasteiger partial charge in [-0.25, -0.2) is 0 Å². The van der Waals surface area contributed by atoms with Crippen LogP contribution in [0.5, 0.6) is 23.0 Å². The van der Waals surface area contributed by atoms with Gasteiger partial charge in [0.25, 0.3) is 0 Å². The first kappa shape index (κ1) is 20.8. The molecule has 6 nitrogen and oxygen atoms in total. The van der Waals surface area contributed by atoms with E-state index in [4.69, 9.17) is 18.9 Å². The van der Waals surface area contributed by atoms with Crippen LogP contribution in [0, 0.1) is 11.8 Å². The molecule has 4 atom stereocenters. The van der Waals surface area contributed by atoms with Gasteiger partial charge in [-0.05, 0) is 59.4 Å². The molecule has 2 aliphatic rings. The number of rotatable bonds is 6. The Kier molecular flexibility index (Phi) is 5.80. The third-order valence-corrected chi connectivity index (χ3v) is 6.48. The van der Waals surface area contributed by atoms with Crippen molar-refractivity contribution in [1.29, 1.82) is 0 Å². The van der Waals surface area contributed by atoms with E-state index in [0.29, 0.717) is 37.6 Å². The van der Waals surface area contributed by atoms with Gasteiger partial charge in [-0.15, -0.1) is 0 Å². The predicted molar refractivity (Wildman–Crippen MR) is 112 cm³/mol. The van der Waals surface area contributed by atoms with Gasteiger partial charge in [0.2, 0.25) is 0 Å². The van der Waals surface area contributed by atoms with Crippen LogP contribution in [0.4, 0.5) is 0 Å². The average Bonchev–Trinajstić information content (AvgIpc) is 3.36. The number of methoxy groups -OCH3 is 2. The summed E-state index contributed by atoms with van der Waals surface area (Å²) in [6, 6.07) is 7.76. The number of phenolic OH excluding ortho intramolecular Hbond substituents is 2. The lowest BCUT2D eigenvalue weighted by atomic mass is 9.84. The normalized spacial score (nSPS) is 25.3. The summed E-state index contributed by atoms with van der Waals surface area (Å²) < 4.78 is 23.2. The second-order valence-electron chi connectivity index (χ2n) is 8.00. The number of benzene rings is 2. The highest BCUT2D eigenvalue weighted by atomic mass is 16.5. The lowest BCUT2D eigenvalue weighted by Gasteiger charge is -2.20. The molecule has 0 aliphatic carbocycles. The van der Waals surface area contributed by atoms with Crippen molar-refractivity contribution in [2.45, 2.75) is 38.9 Å². The summed E-state index contributed by atoms with van der Waals surface area (Å²) in [5, 5.41) is 20.7. The molecule has 4 rings (SSSR count). The summed E-state index contributed by atoms with van der Waals surface area (Å²) in [4.78, 5) is 0. The van der Waals surface area contributed by atoms with E-state index in [1.165, 1.54) is 0 Å². The molecule has 2 saturated heterocycles. The Morgan fingerprint density at radius 3 is 1.50 bits per heavy atom. The molecule has 162 valence electrons. The number of ether oxygens (including phenoxy) is 4. The first-order valence-electron chi connectivity index (χ1n) is 10.5. The molecule has 4 unspecified atom stereocenters. The molecule has 0 radical (unpaired) electrons. The fraction of sp³-hybridized carbons (Fsp3) is 0.500. The Bertz CT molecular complexity index is 798. The lowest BCUT2D eigenvalue weighted by Crippen LogP contribution is -2.15. The molecule has 30 heavy (non-hydrogen) atoms. The number of fused-ring (bicyclic) bond motifs is 1. The molecule has 0 amide bonds. The Hall–Kier alpha value is -2.44. The Morgan fingerprint density at radius 2 is 1.17 bits per heavy atom. The summed E-state index contributed by atoms with van der Waals surface area (Å²) in [6.07, 6.45) is 1.21. The molecule has 6 heteroatoms. The zero-order valence-corrected chi connectivity index (χ0v) is 18.0. The van der Waals surface area contributed by atoms with E-state index in [0.717, 1.165) is 22.3 Å². The molecule has 0 saturated carbocycles. The summed E-state index contributed by atoms with van der Waals surface area (Å²) in [6.45, 7) is 5.20. The number of aromatic hydroxyl groups is 2. The van der Waals surface area contributed by atoms with Gasteiger partial charge in [-0.2, -0.15) is 0 Å². The molecular weight excluding hydrogens is 384 g/mol. The monoisotopic (exact) mass is 414 g/mol. The van der Waals surface area contributed by atoms with Crippen molar-refractivity contribution in [2.75, 3.05) is 27.4 Å². The van der Waals surface area contributed by atoms with E-state index >= 15 is 0 Å². The van der Waals surface area contributed by atoms with Crippen molar-refractivity contribution in [3.63, 3.8) is 0 Å². The molecule has 0 spiro atoms. The quantitative estimate of drug-likeness (QED) is 0.733. The van der Waals surface area contributed by atoms with Crippen LogP contribution in [0.2, 0.25) is 0 Å². The van der Waals surface area contributed by atoms with Gasteiger partial charge in [0.15, 0.2) is 23.0 Å². The van der Waals surface area contributed by atoms with Gasteiger partial charge in [0.05, 0.1) is 39.6 Å². The number of hydrogen-bond donors (Lipinski definition) is 2. The van der Waals surface area contributed by atoms with E-state index in [-0.39, 0.29) is 35.5 Å². The molecule has 0 bridgehead atoms. The number of hydrogen-bond acceptors (Lipinski definition) is 6. The second kappa shape index (κ2) is 8.36. The Balaban J connectivity index is 1.63. The highest BCUT2D eigenvalue weighted by Gasteiger charge is 2.48. The van der Waals surface area contributed by atoms with Gasteiger partial charge >= 0.3 is 0 Å². The van der Waals surface area contributed by atoms with E-state index < -0.39 is 0 Å². The van der Waals surface area contributed by atoms with Crippen molar-refractivity contribution in [1.82, 2.24) is 0 Å². The van der Waals surface area contributed by atoms with Crippen LogP contribution < -0.4 is 9.47 Å². The van der Waals surface area contributed by atoms with Crippen molar-refractivity contribution >= 4 is 0 Å². The molecule has 2 aromatic rings. The number of aryl methyl sites for hydroxylation is 2. The van der Waals surface area contributed by atoms with Gasteiger partial charge in [0, 0.05) is 11.8 Å². The van der Waals surface area contributed by atoms with Gasteiger partial charge in [-0.1, -0.05) is 13.8 Å². The minimum absolute atomic E-state index is 0.107. The van der Waals surface area contributed by atoms with Crippen molar-refractivity contribution < 1.29 is 29.2 Å². The van der Waals surface area contributed by atoms with Crippen LogP contribution >= 0.6 is 0 Å². The number of phenols is 2. The summed E-state index contributed by atoms with van der Waals surface area (Å²) in [7, 11) is 3.13. The maximum atomic E-state index is 10.3. The van der Waals surface area contributed by atoms with E-state index in [2.05, 4.69) is 0 Å². The second-order valence-corrected chi connectivity index (χ2v) is 8.00. The van der Waals surface area contributed by atoms with Crippen molar-refractivity contribution in [3.8, 4) is 23.0 Å². The zero-order chi connectivity index (χ0) is 21.4. The Labute approximate surface area is 177 Å². The molecule has 2 aliphatic heterocycles. The smallest absolute Gasteiger partial charge is 0.161 e. The summed E-state index contributed by atoms with van der Waals surface area (Å²) in [5.74, 6) is 1.76. The standard InChI is InChI=1S/C24H30O6/c1-5-13-7-15(9-19(27-3)21(13)25)23-17-11-30-24(18(17)12-29-23)16-8-14(6-2)22(26)20(10-16)28-4/h7-10,17-18,23-26H,5-6,11-12H2,1-4H3. The minimum Gasteiger partial charge on any atom is -0.504 e. The topological polar surface area (TPSA) is 77.4 Å². The van der Waals surface area contributed by atoms with Crippen LogP contribution in [-0.4, -0.2) is 37.6 Å². The van der Waals surface area contributed by atoms with Crippen LogP contribution in [0.1, 0.15) is 48.3 Å². The third kappa shape index (κ3) is 3.38. The predicted octanol–water partition coefficient (Wildman–Crippen LogP) is 4.32. The lowest BCUT2D eigenvalue weighted by molar-refractivity contribution is 0.0191. The van der Waals surface area contributed by atoms with Crippen LogP contribution in [-0.2, 0) is 22.3 Å². The fourth-order valence-electron chi connectivity index (χ4n) is 4.79. The van der Waals surface area contributed by atoms with E-state index in [1.54, 1.807) is 14.2 Å². The zero-order valence-electron chi connectivity index (χ0n) is 18.0. The van der Waals surface area contributed by atoms with Gasteiger partial charge in [0.1, 0.15) is 0 Å². The summed E-state index contributed by atoms with van der Waals surface area (Å²) in [5.41, 5.74) is 3.72. The molecule has 2 N–H and O–H groups in total. The minimum atomic E-state index is -0.107. The highest BCUT2D eigenvalue weighted by molar-refractivity contribution is 5.50. The van der Waals surface area contributed by atoms with E-state index in [9.17, 15) is 10.2 Å². The molecule has 2 aromatic carbocycles. The van der Waals surface area contributed by atoms with Crippen molar-refractivity contribution in [2.24, 2.45) is 11.8 Å². The SMILES string of the molecule is CCc1cc(C2OCC3C(c4cc(CC)c(O)c(OC)c4)OCC23)cc(OC)c1O. The average molecular weight is 414 g/mol. The van der Waals surface area contributed by atoms with Crippen molar-refractivity contribution in [3.05, 3.63) is 46.5 Å². The maximum absolute atomic E-state index is 10.3. The fourth-order valence-corrected chi connectivity index (χ4v) is 4.79. The van der Waals surface area contributed by atoms with Gasteiger partial charge < -0.3 is 29.2 Å². The molecule has 0 aromatic heterocycles. The van der Waals surface area contributed by atoms with Crippen LogP contribution in [0.15, 0.2) is 24.3 Å². The van der Waals surface area contributed by atoms with E-state index in [1.807, 2.05) is 38.1 Å². The largest absolute Gasteiger partial charge is 0.504 e. The first-order valence-corrected chi connectivity index (χ1v) is 10.5.